The van der Waals surface area contributed by atoms with Crippen LogP contribution in [0.1, 0.15) is 27.2 Å². The largest absolute Gasteiger partial charge is 0.480 e. The van der Waals surface area contributed by atoms with Gasteiger partial charge in [-0.25, -0.2) is 4.79 Å². The first-order valence-electron chi connectivity index (χ1n) is 6.18. The Kier molecular flexibility index (Phi) is 7.76. The van der Waals surface area contributed by atoms with Crippen LogP contribution < -0.4 is 5.32 Å². The molecule has 5 nitrogen and oxygen atoms in total. The Morgan fingerprint density at radius 2 is 1.76 bits per heavy atom. The van der Waals surface area contributed by atoms with Crippen molar-refractivity contribution in [3.63, 3.8) is 0 Å². The number of carbonyl (C=O) groups excluding carboxylic acids is 2. The van der Waals surface area contributed by atoms with E-state index in [-0.39, 0.29) is 12.3 Å². The SMILES string of the molecule is CC(=O)SCC(C(=O)N[C@@H](CC(C)C)C(=O)O)C(F)(F)F. The van der Waals surface area contributed by atoms with Gasteiger partial charge in [0.2, 0.25) is 5.91 Å². The number of amides is 1. The Bertz CT molecular complexity index is 398. The van der Waals surface area contributed by atoms with E-state index in [1.54, 1.807) is 13.8 Å². The summed E-state index contributed by atoms with van der Waals surface area (Å²) in [6.07, 6.45) is -4.82. The van der Waals surface area contributed by atoms with Gasteiger partial charge in [0.15, 0.2) is 5.12 Å². The van der Waals surface area contributed by atoms with Crippen LogP contribution >= 0.6 is 11.8 Å². The average molecular weight is 329 g/mol. The van der Waals surface area contributed by atoms with Crippen molar-refractivity contribution in [1.29, 1.82) is 0 Å². The van der Waals surface area contributed by atoms with Crippen LogP contribution in [0, 0.1) is 11.8 Å². The summed E-state index contributed by atoms with van der Waals surface area (Å²) in [5, 5.41) is 10.3. The number of carboxylic acid groups (broad SMARTS) is 1. The molecule has 0 saturated carbocycles. The van der Waals surface area contributed by atoms with Crippen LogP contribution in [-0.2, 0) is 14.4 Å². The van der Waals surface area contributed by atoms with Crippen molar-refractivity contribution in [2.24, 2.45) is 11.8 Å². The van der Waals surface area contributed by atoms with E-state index in [1.165, 1.54) is 0 Å². The zero-order chi connectivity index (χ0) is 16.8. The van der Waals surface area contributed by atoms with Crippen molar-refractivity contribution in [1.82, 2.24) is 5.32 Å². The van der Waals surface area contributed by atoms with Crippen molar-refractivity contribution in [3.8, 4) is 0 Å². The van der Waals surface area contributed by atoms with Crippen LogP contribution in [0.2, 0.25) is 0 Å². The molecule has 0 fully saturated rings. The number of carbonyl (C=O) groups is 3. The molecule has 9 heteroatoms. The fraction of sp³-hybridized carbons (Fsp3) is 0.750. The number of alkyl halides is 3. The normalized spacial score (nSPS) is 14.6. The molecule has 0 aliphatic heterocycles. The molecule has 21 heavy (non-hydrogen) atoms. The molecule has 2 N–H and O–H groups in total. The lowest BCUT2D eigenvalue weighted by atomic mass is 10.0. The Labute approximate surface area is 124 Å². The van der Waals surface area contributed by atoms with Crippen LogP contribution in [0.5, 0.6) is 0 Å². The summed E-state index contributed by atoms with van der Waals surface area (Å²) in [6, 6.07) is -1.38. The molecule has 1 unspecified atom stereocenters. The maximum atomic E-state index is 12.8. The minimum Gasteiger partial charge on any atom is -0.480 e. The summed E-state index contributed by atoms with van der Waals surface area (Å²) >= 11 is 0.377. The molecule has 0 aliphatic carbocycles. The van der Waals surface area contributed by atoms with Crippen LogP contribution in [0.4, 0.5) is 13.2 Å². The molecule has 0 spiro atoms. The molecule has 0 bridgehead atoms. The summed E-state index contributed by atoms with van der Waals surface area (Å²) in [5.41, 5.74) is 0. The number of carboxylic acids is 1. The van der Waals surface area contributed by atoms with Gasteiger partial charge in [-0.1, -0.05) is 25.6 Å². The predicted octanol–water partition coefficient (Wildman–Crippen LogP) is 2.06. The second-order valence-electron chi connectivity index (χ2n) is 4.93. The monoisotopic (exact) mass is 329 g/mol. The van der Waals surface area contributed by atoms with E-state index >= 15 is 0 Å². The molecule has 122 valence electrons. The van der Waals surface area contributed by atoms with E-state index in [0.717, 1.165) is 6.92 Å². The highest BCUT2D eigenvalue weighted by Gasteiger charge is 2.45. The molecule has 0 aliphatic rings. The highest BCUT2D eigenvalue weighted by atomic mass is 32.2. The van der Waals surface area contributed by atoms with Gasteiger partial charge >= 0.3 is 12.1 Å². The van der Waals surface area contributed by atoms with Gasteiger partial charge in [-0.3, -0.25) is 9.59 Å². The summed E-state index contributed by atoms with van der Waals surface area (Å²) in [4.78, 5) is 33.4. The van der Waals surface area contributed by atoms with Crippen LogP contribution in [0.3, 0.4) is 0 Å². The zero-order valence-corrected chi connectivity index (χ0v) is 12.7. The van der Waals surface area contributed by atoms with Crippen molar-refractivity contribution in [2.75, 3.05) is 5.75 Å². The Morgan fingerprint density at radius 3 is 2.10 bits per heavy atom. The number of thioether (sulfide) groups is 1. The van der Waals surface area contributed by atoms with Gasteiger partial charge < -0.3 is 10.4 Å². The van der Waals surface area contributed by atoms with Crippen molar-refractivity contribution in [3.05, 3.63) is 0 Å². The molecule has 0 rings (SSSR count). The van der Waals surface area contributed by atoms with Crippen LogP contribution in [0.15, 0.2) is 0 Å². The molecule has 1 amide bonds. The highest BCUT2D eigenvalue weighted by molar-refractivity contribution is 8.13. The van der Waals surface area contributed by atoms with E-state index in [4.69, 9.17) is 5.11 Å². The second-order valence-corrected chi connectivity index (χ2v) is 6.12. The smallest absolute Gasteiger partial charge is 0.401 e. The lowest BCUT2D eigenvalue weighted by Crippen LogP contribution is -2.48. The number of nitrogens with one attached hydrogen (secondary N) is 1. The summed E-state index contributed by atoms with van der Waals surface area (Å²) in [6.45, 7) is 4.47. The number of halogens is 3. The minimum atomic E-state index is -4.84. The number of hydrogen-bond acceptors (Lipinski definition) is 4. The Hall–Kier alpha value is -1.25. The topological polar surface area (TPSA) is 83.5 Å². The third-order valence-electron chi connectivity index (χ3n) is 2.49. The third-order valence-corrected chi connectivity index (χ3v) is 3.39. The van der Waals surface area contributed by atoms with Crippen molar-refractivity contribution in [2.45, 2.75) is 39.4 Å². The van der Waals surface area contributed by atoms with E-state index in [0.29, 0.717) is 11.8 Å². The molecule has 0 aromatic heterocycles. The fourth-order valence-corrected chi connectivity index (χ4v) is 2.23. The highest BCUT2D eigenvalue weighted by Crippen LogP contribution is 2.29. The average Bonchev–Trinajstić information content (AvgIpc) is 2.24. The van der Waals surface area contributed by atoms with Gasteiger partial charge in [0.05, 0.1) is 0 Å². The molecular formula is C12H18F3NO4S. The van der Waals surface area contributed by atoms with E-state index in [2.05, 4.69) is 0 Å². The lowest BCUT2D eigenvalue weighted by Gasteiger charge is -2.22. The van der Waals surface area contributed by atoms with Gasteiger partial charge in [0.25, 0.3) is 0 Å². The first-order valence-corrected chi connectivity index (χ1v) is 7.17. The molecule has 2 atom stereocenters. The number of aliphatic carboxylic acids is 1. The summed E-state index contributed by atoms with van der Waals surface area (Å²) in [5.74, 6) is -6.11. The molecular weight excluding hydrogens is 311 g/mol. The van der Waals surface area contributed by atoms with E-state index in [9.17, 15) is 27.6 Å². The standard InChI is InChI=1S/C12H18F3NO4S/c1-6(2)4-9(11(19)20)16-10(18)8(12(13,14)15)5-21-7(3)17/h6,8-9H,4-5H2,1-3H3,(H,16,18)(H,19,20)/t8?,9-/m0/s1. The number of hydrogen-bond donors (Lipinski definition) is 2. The van der Waals surface area contributed by atoms with Gasteiger partial charge in [-0.05, 0) is 12.3 Å². The second kappa shape index (κ2) is 8.26. The van der Waals surface area contributed by atoms with Crippen molar-refractivity contribution >= 4 is 28.8 Å². The van der Waals surface area contributed by atoms with Crippen LogP contribution in [0.25, 0.3) is 0 Å². The third kappa shape index (κ3) is 7.93. The summed E-state index contributed by atoms with van der Waals surface area (Å²) < 4.78 is 38.4. The predicted molar refractivity (Wildman–Crippen MR) is 71.7 cm³/mol. The molecule has 0 aromatic carbocycles. The van der Waals surface area contributed by atoms with Gasteiger partial charge in [0, 0.05) is 12.7 Å². The van der Waals surface area contributed by atoms with Crippen LogP contribution in [-0.4, -0.2) is 40.1 Å². The van der Waals surface area contributed by atoms with Gasteiger partial charge in [-0.15, -0.1) is 0 Å². The number of rotatable bonds is 7. The Balaban J connectivity index is 4.93. The first kappa shape index (κ1) is 19.8. The lowest BCUT2D eigenvalue weighted by molar-refractivity contribution is -0.179. The minimum absolute atomic E-state index is 0.0193. The molecule has 0 radical (unpaired) electrons. The first-order chi connectivity index (χ1) is 9.45. The van der Waals surface area contributed by atoms with Gasteiger partial charge in [0.1, 0.15) is 12.0 Å². The summed E-state index contributed by atoms with van der Waals surface area (Å²) in [7, 11) is 0. The zero-order valence-electron chi connectivity index (χ0n) is 11.9. The molecule has 0 saturated heterocycles. The fourth-order valence-electron chi connectivity index (χ4n) is 1.48. The molecule has 0 aromatic rings. The van der Waals surface area contributed by atoms with Crippen molar-refractivity contribution < 1.29 is 32.7 Å². The maximum Gasteiger partial charge on any atom is 0.401 e. The van der Waals surface area contributed by atoms with Gasteiger partial charge in [-0.2, -0.15) is 13.2 Å². The van der Waals surface area contributed by atoms with E-state index in [1.807, 2.05) is 5.32 Å². The quantitative estimate of drug-likeness (QED) is 0.747. The van der Waals surface area contributed by atoms with E-state index < -0.39 is 40.9 Å². The Morgan fingerprint density at radius 1 is 1.24 bits per heavy atom. The molecule has 0 heterocycles. The maximum absolute atomic E-state index is 12.8.